The standard InChI is InChI=1S/C18H29NO3/c1-10-7-17(3)14(21-17)5-12(10)9-19-16(20)13-6-15-18(4,22-15)8-11(13)2/h10-15H,5-9H2,1-4H3,(H,19,20). The van der Waals surface area contributed by atoms with Crippen molar-refractivity contribution in [2.45, 2.75) is 76.8 Å². The molecule has 4 aliphatic rings. The van der Waals surface area contributed by atoms with Gasteiger partial charge in [-0.2, -0.15) is 0 Å². The van der Waals surface area contributed by atoms with Gasteiger partial charge in [-0.05, 0) is 57.3 Å². The van der Waals surface area contributed by atoms with Crippen molar-refractivity contribution in [3.05, 3.63) is 0 Å². The Morgan fingerprint density at radius 2 is 1.64 bits per heavy atom. The maximum absolute atomic E-state index is 12.6. The van der Waals surface area contributed by atoms with E-state index >= 15 is 0 Å². The molecule has 4 rings (SSSR count). The molecule has 0 aromatic heterocycles. The fraction of sp³-hybridized carbons (Fsp3) is 0.944. The van der Waals surface area contributed by atoms with E-state index in [1.54, 1.807) is 0 Å². The van der Waals surface area contributed by atoms with Crippen LogP contribution in [0.1, 0.15) is 53.4 Å². The minimum Gasteiger partial charge on any atom is -0.366 e. The molecule has 2 aliphatic heterocycles. The lowest BCUT2D eigenvalue weighted by atomic mass is 9.74. The number of hydrogen-bond donors (Lipinski definition) is 1. The zero-order valence-corrected chi connectivity index (χ0v) is 14.2. The first-order valence-electron chi connectivity index (χ1n) is 8.94. The van der Waals surface area contributed by atoms with Crippen LogP contribution in [0.5, 0.6) is 0 Å². The maximum atomic E-state index is 12.6. The molecule has 2 saturated heterocycles. The summed E-state index contributed by atoms with van der Waals surface area (Å²) in [4.78, 5) is 12.6. The van der Waals surface area contributed by atoms with Gasteiger partial charge in [0.1, 0.15) is 0 Å². The maximum Gasteiger partial charge on any atom is 0.223 e. The molecular formula is C18H29NO3. The molecule has 1 amide bonds. The second kappa shape index (κ2) is 4.70. The second-order valence-corrected chi connectivity index (χ2v) is 8.78. The number of nitrogens with one attached hydrogen (secondary N) is 1. The van der Waals surface area contributed by atoms with E-state index in [-0.39, 0.29) is 23.0 Å². The highest BCUT2D eigenvalue weighted by Crippen LogP contribution is 2.52. The van der Waals surface area contributed by atoms with E-state index in [2.05, 4.69) is 33.0 Å². The Morgan fingerprint density at radius 1 is 1.05 bits per heavy atom. The summed E-state index contributed by atoms with van der Waals surface area (Å²) < 4.78 is 11.6. The lowest BCUT2D eigenvalue weighted by Gasteiger charge is -2.32. The van der Waals surface area contributed by atoms with E-state index in [1.807, 2.05) is 0 Å². The first-order chi connectivity index (χ1) is 10.3. The molecule has 4 nitrogen and oxygen atoms in total. The van der Waals surface area contributed by atoms with Gasteiger partial charge in [0, 0.05) is 12.5 Å². The van der Waals surface area contributed by atoms with Gasteiger partial charge >= 0.3 is 0 Å². The molecule has 8 atom stereocenters. The number of epoxide rings is 2. The molecule has 1 N–H and O–H groups in total. The Bertz CT molecular complexity index is 495. The molecule has 0 radical (unpaired) electrons. The average molecular weight is 307 g/mol. The van der Waals surface area contributed by atoms with E-state index in [1.165, 1.54) is 0 Å². The summed E-state index contributed by atoms with van der Waals surface area (Å²) in [5, 5.41) is 3.24. The van der Waals surface area contributed by atoms with Gasteiger partial charge in [0.25, 0.3) is 0 Å². The molecule has 0 aromatic rings. The number of hydrogen-bond acceptors (Lipinski definition) is 3. The van der Waals surface area contributed by atoms with Crippen LogP contribution in [0.25, 0.3) is 0 Å². The SMILES string of the molecule is CC1CC2(C)OC2CC1CNC(=O)C1CC2OC2(C)CC1C. The Labute approximate surface area is 133 Å². The molecule has 2 saturated carbocycles. The zero-order chi connectivity index (χ0) is 15.7. The predicted octanol–water partition coefficient (Wildman–Crippen LogP) is 2.51. The van der Waals surface area contributed by atoms with Crippen LogP contribution in [0.3, 0.4) is 0 Å². The van der Waals surface area contributed by atoms with Crippen LogP contribution in [0.15, 0.2) is 0 Å². The van der Waals surface area contributed by atoms with Gasteiger partial charge in [-0.25, -0.2) is 0 Å². The van der Waals surface area contributed by atoms with Gasteiger partial charge in [-0.15, -0.1) is 0 Å². The summed E-state index contributed by atoms with van der Waals surface area (Å²) in [5.41, 5.74) is 0.216. The molecule has 8 unspecified atom stereocenters. The third-order valence-corrected chi connectivity index (χ3v) is 6.88. The highest BCUT2D eigenvalue weighted by Gasteiger charge is 2.59. The number of amides is 1. The molecule has 4 fully saturated rings. The van der Waals surface area contributed by atoms with Crippen molar-refractivity contribution in [1.29, 1.82) is 0 Å². The van der Waals surface area contributed by atoms with E-state index < -0.39 is 0 Å². The summed E-state index contributed by atoms with van der Waals surface area (Å²) >= 11 is 0. The van der Waals surface area contributed by atoms with Gasteiger partial charge in [-0.1, -0.05) is 13.8 Å². The largest absolute Gasteiger partial charge is 0.366 e. The van der Waals surface area contributed by atoms with Gasteiger partial charge in [0.05, 0.1) is 23.4 Å². The number of rotatable bonds is 3. The quantitative estimate of drug-likeness (QED) is 0.815. The highest BCUT2D eigenvalue weighted by atomic mass is 16.6. The fourth-order valence-corrected chi connectivity index (χ4v) is 5.11. The minimum atomic E-state index is 0.0713. The van der Waals surface area contributed by atoms with E-state index in [0.29, 0.717) is 30.0 Å². The number of carbonyl (C=O) groups is 1. The molecule has 124 valence electrons. The predicted molar refractivity (Wildman–Crippen MR) is 83.3 cm³/mol. The second-order valence-electron chi connectivity index (χ2n) is 8.78. The first kappa shape index (κ1) is 14.9. The van der Waals surface area contributed by atoms with Crippen LogP contribution in [-0.2, 0) is 14.3 Å². The van der Waals surface area contributed by atoms with Crippen molar-refractivity contribution < 1.29 is 14.3 Å². The summed E-state index contributed by atoms with van der Waals surface area (Å²) in [7, 11) is 0. The van der Waals surface area contributed by atoms with E-state index in [0.717, 1.165) is 32.2 Å². The monoisotopic (exact) mass is 307 g/mol. The first-order valence-corrected chi connectivity index (χ1v) is 8.94. The Morgan fingerprint density at radius 3 is 2.32 bits per heavy atom. The lowest BCUT2D eigenvalue weighted by molar-refractivity contribution is -0.127. The normalized spacial score (nSPS) is 55.8. The van der Waals surface area contributed by atoms with Crippen LogP contribution in [-0.4, -0.2) is 35.9 Å². The highest BCUT2D eigenvalue weighted by molar-refractivity contribution is 5.79. The van der Waals surface area contributed by atoms with Gasteiger partial charge in [-0.3, -0.25) is 4.79 Å². The molecule has 22 heavy (non-hydrogen) atoms. The molecule has 2 aliphatic carbocycles. The Hall–Kier alpha value is -0.610. The molecule has 4 heteroatoms. The van der Waals surface area contributed by atoms with Crippen LogP contribution >= 0.6 is 0 Å². The van der Waals surface area contributed by atoms with Crippen molar-refractivity contribution in [2.75, 3.05) is 6.54 Å². The van der Waals surface area contributed by atoms with E-state index in [4.69, 9.17) is 9.47 Å². The summed E-state index contributed by atoms with van der Waals surface area (Å²) in [6.45, 7) is 9.70. The van der Waals surface area contributed by atoms with Crippen LogP contribution in [0, 0.1) is 23.7 Å². The van der Waals surface area contributed by atoms with Crippen molar-refractivity contribution in [3.63, 3.8) is 0 Å². The van der Waals surface area contributed by atoms with Crippen molar-refractivity contribution in [2.24, 2.45) is 23.7 Å². The third-order valence-electron chi connectivity index (χ3n) is 6.88. The molecule has 0 bridgehead atoms. The van der Waals surface area contributed by atoms with Crippen molar-refractivity contribution >= 4 is 5.91 Å². The molecule has 0 spiro atoms. The zero-order valence-electron chi connectivity index (χ0n) is 14.2. The smallest absolute Gasteiger partial charge is 0.223 e. The Kier molecular flexibility index (Phi) is 3.19. The van der Waals surface area contributed by atoms with Gasteiger partial charge < -0.3 is 14.8 Å². The van der Waals surface area contributed by atoms with Gasteiger partial charge in [0.2, 0.25) is 5.91 Å². The number of fused-ring (bicyclic) bond motifs is 2. The van der Waals surface area contributed by atoms with E-state index in [9.17, 15) is 4.79 Å². The van der Waals surface area contributed by atoms with Crippen LogP contribution in [0.4, 0.5) is 0 Å². The molecule has 2 heterocycles. The van der Waals surface area contributed by atoms with Crippen molar-refractivity contribution in [3.8, 4) is 0 Å². The number of carbonyl (C=O) groups excluding carboxylic acids is 1. The van der Waals surface area contributed by atoms with Crippen LogP contribution < -0.4 is 5.32 Å². The number of ether oxygens (including phenoxy) is 2. The minimum absolute atomic E-state index is 0.0713. The third kappa shape index (κ3) is 2.39. The van der Waals surface area contributed by atoms with Crippen molar-refractivity contribution in [1.82, 2.24) is 5.32 Å². The lowest BCUT2D eigenvalue weighted by Crippen LogP contribution is -2.43. The van der Waals surface area contributed by atoms with Gasteiger partial charge in [0.15, 0.2) is 0 Å². The fourth-order valence-electron chi connectivity index (χ4n) is 5.11. The molecular weight excluding hydrogens is 278 g/mol. The summed E-state index contributed by atoms with van der Waals surface area (Å²) in [6, 6.07) is 0. The summed E-state index contributed by atoms with van der Waals surface area (Å²) in [5.74, 6) is 1.97. The average Bonchev–Trinajstić information content (AvgIpc) is 3.27. The summed E-state index contributed by atoms with van der Waals surface area (Å²) in [6.07, 6.45) is 4.89. The molecule has 0 aromatic carbocycles. The Balaban J connectivity index is 1.29. The van der Waals surface area contributed by atoms with Crippen LogP contribution in [0.2, 0.25) is 0 Å². The topological polar surface area (TPSA) is 54.2 Å².